The summed E-state index contributed by atoms with van der Waals surface area (Å²) in [5.41, 5.74) is 7.30. The molecule has 2 rings (SSSR count). The minimum atomic E-state index is -0.810. The van der Waals surface area contributed by atoms with Crippen molar-refractivity contribution in [3.8, 4) is 0 Å². The van der Waals surface area contributed by atoms with Gasteiger partial charge in [0.15, 0.2) is 0 Å². The molecule has 116 valence electrons. The summed E-state index contributed by atoms with van der Waals surface area (Å²) in [6.07, 6.45) is 1.13. The molecule has 21 heavy (non-hydrogen) atoms. The van der Waals surface area contributed by atoms with Gasteiger partial charge >= 0.3 is 0 Å². The number of nitrogens with one attached hydrogen (secondary N) is 1. The molecular weight excluding hydrogens is 266 g/mol. The van der Waals surface area contributed by atoms with Crippen LogP contribution in [0.15, 0.2) is 24.3 Å². The van der Waals surface area contributed by atoms with Gasteiger partial charge in [-0.3, -0.25) is 4.79 Å². The van der Waals surface area contributed by atoms with Gasteiger partial charge in [0.1, 0.15) is 5.54 Å². The molecule has 0 unspecified atom stereocenters. The van der Waals surface area contributed by atoms with E-state index in [4.69, 9.17) is 10.5 Å². The number of benzene rings is 1. The highest BCUT2D eigenvalue weighted by atomic mass is 16.5. The van der Waals surface area contributed by atoms with Gasteiger partial charge in [0.2, 0.25) is 5.91 Å². The van der Waals surface area contributed by atoms with E-state index in [1.807, 2.05) is 24.3 Å². The topological polar surface area (TPSA) is 67.6 Å². The highest BCUT2D eigenvalue weighted by molar-refractivity contribution is 5.98. The van der Waals surface area contributed by atoms with Crippen molar-refractivity contribution in [2.24, 2.45) is 5.73 Å². The molecule has 0 aliphatic carbocycles. The third-order valence-electron chi connectivity index (χ3n) is 4.09. The monoisotopic (exact) mass is 291 g/mol. The number of rotatable bonds is 5. The van der Waals surface area contributed by atoms with Gasteiger partial charge in [0.25, 0.3) is 0 Å². The second-order valence-electron chi connectivity index (χ2n) is 5.44. The number of hydrogen-bond donors (Lipinski definition) is 2. The Kier molecular flexibility index (Phi) is 5.20. The van der Waals surface area contributed by atoms with Crippen molar-refractivity contribution in [3.05, 3.63) is 24.3 Å². The molecule has 1 fully saturated rings. The van der Waals surface area contributed by atoms with Crippen LogP contribution in [0, 0.1) is 0 Å². The molecule has 1 aliphatic heterocycles. The molecule has 5 nitrogen and oxygen atoms in total. The molecule has 1 aromatic rings. The fourth-order valence-corrected chi connectivity index (χ4v) is 2.56. The number of amides is 1. The van der Waals surface area contributed by atoms with Gasteiger partial charge < -0.3 is 20.7 Å². The number of anilines is 2. The van der Waals surface area contributed by atoms with E-state index >= 15 is 0 Å². The van der Waals surface area contributed by atoms with Crippen LogP contribution in [0.3, 0.4) is 0 Å². The molecule has 0 radical (unpaired) electrons. The molecule has 1 amide bonds. The maximum Gasteiger partial charge on any atom is 0.244 e. The molecule has 1 aliphatic rings. The summed E-state index contributed by atoms with van der Waals surface area (Å²) >= 11 is 0. The number of nitrogens with two attached hydrogens (primary N) is 1. The van der Waals surface area contributed by atoms with Gasteiger partial charge in [-0.25, -0.2) is 0 Å². The molecule has 1 heterocycles. The molecule has 0 bridgehead atoms. The summed E-state index contributed by atoms with van der Waals surface area (Å²) in [4.78, 5) is 14.6. The van der Waals surface area contributed by atoms with E-state index < -0.39 is 5.54 Å². The van der Waals surface area contributed by atoms with E-state index in [2.05, 4.69) is 24.1 Å². The molecule has 0 aromatic heterocycles. The Morgan fingerprint density at radius 3 is 2.33 bits per heavy atom. The molecule has 1 saturated heterocycles. The van der Waals surface area contributed by atoms with E-state index in [1.165, 1.54) is 0 Å². The van der Waals surface area contributed by atoms with Crippen molar-refractivity contribution >= 4 is 17.3 Å². The lowest BCUT2D eigenvalue weighted by Gasteiger charge is -2.31. The maximum absolute atomic E-state index is 12.3. The molecule has 0 saturated carbocycles. The first-order chi connectivity index (χ1) is 10.1. The molecular formula is C16H25N3O2. The fraction of sp³-hybridized carbons (Fsp3) is 0.562. The average Bonchev–Trinajstić information content (AvgIpc) is 2.51. The third kappa shape index (κ3) is 3.74. The van der Waals surface area contributed by atoms with Crippen LogP contribution in [0.5, 0.6) is 0 Å². The lowest BCUT2D eigenvalue weighted by Crippen LogP contribution is -2.54. The summed E-state index contributed by atoms with van der Waals surface area (Å²) < 4.78 is 5.27. The average molecular weight is 291 g/mol. The van der Waals surface area contributed by atoms with Crippen LogP contribution in [0.1, 0.15) is 26.7 Å². The van der Waals surface area contributed by atoms with Crippen molar-refractivity contribution < 1.29 is 9.53 Å². The molecule has 3 N–H and O–H groups in total. The Morgan fingerprint density at radius 1 is 1.24 bits per heavy atom. The number of carbonyl (C=O) groups excluding carboxylic acids is 1. The van der Waals surface area contributed by atoms with Crippen molar-refractivity contribution in [2.45, 2.75) is 32.2 Å². The summed E-state index contributed by atoms with van der Waals surface area (Å²) in [6.45, 7) is 7.28. The second kappa shape index (κ2) is 6.91. The zero-order chi connectivity index (χ0) is 15.3. The van der Waals surface area contributed by atoms with E-state index in [-0.39, 0.29) is 5.91 Å². The Morgan fingerprint density at radius 2 is 1.81 bits per heavy atom. The smallest absolute Gasteiger partial charge is 0.244 e. The van der Waals surface area contributed by atoms with Crippen LogP contribution >= 0.6 is 0 Å². The zero-order valence-corrected chi connectivity index (χ0v) is 12.9. The van der Waals surface area contributed by atoms with E-state index in [1.54, 1.807) is 0 Å². The molecule has 1 aromatic carbocycles. The largest absolute Gasteiger partial charge is 0.381 e. The Balaban J connectivity index is 2.01. The van der Waals surface area contributed by atoms with Crippen LogP contribution < -0.4 is 16.0 Å². The quantitative estimate of drug-likeness (QED) is 0.870. The summed E-state index contributed by atoms with van der Waals surface area (Å²) in [7, 11) is 0. The van der Waals surface area contributed by atoms with E-state index in [0.29, 0.717) is 26.1 Å². The standard InChI is InChI=1S/C16H25N3O2/c1-3-19(4-2)14-7-5-13(6-8-14)18-15(20)16(17)9-11-21-12-10-16/h5-8H,3-4,9-12,17H2,1-2H3,(H,18,20). The lowest BCUT2D eigenvalue weighted by atomic mass is 9.90. The predicted molar refractivity (Wildman–Crippen MR) is 85.6 cm³/mol. The van der Waals surface area contributed by atoms with Crippen LogP contribution in [0.25, 0.3) is 0 Å². The van der Waals surface area contributed by atoms with E-state index in [0.717, 1.165) is 24.5 Å². The minimum absolute atomic E-state index is 0.124. The predicted octanol–water partition coefficient (Wildman–Crippen LogP) is 1.98. The van der Waals surface area contributed by atoms with E-state index in [9.17, 15) is 4.79 Å². The molecule has 5 heteroatoms. The van der Waals surface area contributed by atoms with Crippen molar-refractivity contribution in [3.63, 3.8) is 0 Å². The van der Waals surface area contributed by atoms with Gasteiger partial charge in [-0.2, -0.15) is 0 Å². The zero-order valence-electron chi connectivity index (χ0n) is 12.9. The Hall–Kier alpha value is -1.59. The number of nitrogens with zero attached hydrogens (tertiary/aromatic N) is 1. The molecule has 0 atom stereocenters. The SMILES string of the molecule is CCN(CC)c1ccc(NC(=O)C2(N)CCOCC2)cc1. The summed E-state index contributed by atoms with van der Waals surface area (Å²) in [5, 5.41) is 2.92. The number of ether oxygens (including phenoxy) is 1. The van der Waals surface area contributed by atoms with Crippen molar-refractivity contribution in [2.75, 3.05) is 36.5 Å². The van der Waals surface area contributed by atoms with Gasteiger partial charge in [0.05, 0.1) is 0 Å². The van der Waals surface area contributed by atoms with Crippen molar-refractivity contribution in [1.29, 1.82) is 0 Å². The second-order valence-corrected chi connectivity index (χ2v) is 5.44. The van der Waals surface area contributed by atoms with Crippen LogP contribution in [-0.2, 0) is 9.53 Å². The maximum atomic E-state index is 12.3. The number of carbonyl (C=O) groups is 1. The Bertz CT molecular complexity index is 463. The highest BCUT2D eigenvalue weighted by Crippen LogP contribution is 2.22. The van der Waals surface area contributed by atoms with Gasteiger partial charge in [-0.05, 0) is 51.0 Å². The van der Waals surface area contributed by atoms with Crippen LogP contribution in [0.4, 0.5) is 11.4 Å². The van der Waals surface area contributed by atoms with Crippen molar-refractivity contribution in [1.82, 2.24) is 0 Å². The number of hydrogen-bond acceptors (Lipinski definition) is 4. The first-order valence-electron chi connectivity index (χ1n) is 7.62. The van der Waals surface area contributed by atoms with Gasteiger partial charge in [-0.15, -0.1) is 0 Å². The molecule has 0 spiro atoms. The summed E-state index contributed by atoms with van der Waals surface area (Å²) in [5.74, 6) is -0.124. The Labute approximate surface area is 126 Å². The highest BCUT2D eigenvalue weighted by Gasteiger charge is 2.35. The lowest BCUT2D eigenvalue weighted by molar-refractivity contribution is -0.124. The van der Waals surface area contributed by atoms with Gasteiger partial charge in [-0.1, -0.05) is 0 Å². The first kappa shape index (κ1) is 15.8. The van der Waals surface area contributed by atoms with Crippen LogP contribution in [0.2, 0.25) is 0 Å². The first-order valence-corrected chi connectivity index (χ1v) is 7.62. The summed E-state index contributed by atoms with van der Waals surface area (Å²) in [6, 6.07) is 7.90. The normalized spacial score (nSPS) is 17.3. The van der Waals surface area contributed by atoms with Crippen LogP contribution in [-0.4, -0.2) is 37.7 Å². The third-order valence-corrected chi connectivity index (χ3v) is 4.09. The van der Waals surface area contributed by atoms with Gasteiger partial charge in [0, 0.05) is 37.7 Å². The minimum Gasteiger partial charge on any atom is -0.381 e. The fourth-order valence-electron chi connectivity index (χ4n) is 2.56.